The van der Waals surface area contributed by atoms with E-state index in [9.17, 15) is 4.79 Å². The van der Waals surface area contributed by atoms with Gasteiger partial charge in [-0.05, 0) is 56.0 Å². The van der Waals surface area contributed by atoms with E-state index in [0.29, 0.717) is 5.56 Å². The van der Waals surface area contributed by atoms with Gasteiger partial charge in [0, 0.05) is 17.3 Å². The third-order valence-electron chi connectivity index (χ3n) is 2.66. The third kappa shape index (κ3) is 4.30. The summed E-state index contributed by atoms with van der Waals surface area (Å²) in [7, 11) is 0. The standard InChI is InChI=1S/C13H20N2OS/c1-9-8-11(4-5-12(9)14)13(16)15-10(2)6-7-17-3/h4-5,8,10H,6-7,14H2,1-3H3,(H,15,16). The lowest BCUT2D eigenvalue weighted by Crippen LogP contribution is -2.32. The molecular formula is C13H20N2OS. The molecule has 0 bridgehead atoms. The molecule has 4 heteroatoms. The zero-order chi connectivity index (χ0) is 12.8. The van der Waals surface area contributed by atoms with Crippen LogP contribution in [0.1, 0.15) is 29.3 Å². The summed E-state index contributed by atoms with van der Waals surface area (Å²) in [5, 5.41) is 2.98. The van der Waals surface area contributed by atoms with Crippen LogP contribution in [0, 0.1) is 6.92 Å². The summed E-state index contributed by atoms with van der Waals surface area (Å²) in [5.41, 5.74) is 8.05. The minimum atomic E-state index is -0.0262. The van der Waals surface area contributed by atoms with Gasteiger partial charge < -0.3 is 11.1 Å². The molecule has 3 N–H and O–H groups in total. The second-order valence-electron chi connectivity index (χ2n) is 4.23. The molecule has 0 spiro atoms. The number of rotatable bonds is 5. The molecule has 1 amide bonds. The summed E-state index contributed by atoms with van der Waals surface area (Å²) in [4.78, 5) is 11.9. The molecule has 0 fully saturated rings. The average molecular weight is 252 g/mol. The highest BCUT2D eigenvalue weighted by atomic mass is 32.2. The minimum Gasteiger partial charge on any atom is -0.399 e. The number of nitrogen functional groups attached to an aromatic ring is 1. The third-order valence-corrected chi connectivity index (χ3v) is 3.31. The van der Waals surface area contributed by atoms with Gasteiger partial charge in [0.1, 0.15) is 0 Å². The van der Waals surface area contributed by atoms with E-state index in [0.717, 1.165) is 23.4 Å². The van der Waals surface area contributed by atoms with Crippen LogP contribution < -0.4 is 11.1 Å². The predicted molar refractivity (Wildman–Crippen MR) is 75.5 cm³/mol. The van der Waals surface area contributed by atoms with Gasteiger partial charge in [-0.3, -0.25) is 4.79 Å². The number of nitrogens with two attached hydrogens (primary N) is 1. The van der Waals surface area contributed by atoms with Gasteiger partial charge >= 0.3 is 0 Å². The fraction of sp³-hybridized carbons (Fsp3) is 0.462. The summed E-state index contributed by atoms with van der Waals surface area (Å²) >= 11 is 1.79. The predicted octanol–water partition coefficient (Wildman–Crippen LogP) is 2.45. The molecule has 0 saturated heterocycles. The molecule has 17 heavy (non-hydrogen) atoms. The van der Waals surface area contributed by atoms with Crippen LogP contribution >= 0.6 is 11.8 Å². The molecule has 0 saturated carbocycles. The number of nitrogens with one attached hydrogen (secondary N) is 1. The molecule has 1 aromatic rings. The molecule has 0 radical (unpaired) electrons. The Morgan fingerprint density at radius 3 is 2.82 bits per heavy atom. The monoisotopic (exact) mass is 252 g/mol. The van der Waals surface area contributed by atoms with E-state index < -0.39 is 0 Å². The van der Waals surface area contributed by atoms with E-state index >= 15 is 0 Å². The Hall–Kier alpha value is -1.16. The molecule has 1 aromatic carbocycles. The van der Waals surface area contributed by atoms with Gasteiger partial charge in [-0.2, -0.15) is 11.8 Å². The average Bonchev–Trinajstić information content (AvgIpc) is 2.30. The maximum Gasteiger partial charge on any atom is 0.251 e. The second kappa shape index (κ2) is 6.55. The lowest BCUT2D eigenvalue weighted by Gasteiger charge is -2.13. The Kier molecular flexibility index (Phi) is 5.35. The molecule has 0 aliphatic carbocycles. The van der Waals surface area contributed by atoms with Gasteiger partial charge in [0.05, 0.1) is 0 Å². The Labute approximate surface area is 107 Å². The van der Waals surface area contributed by atoms with Crippen molar-refractivity contribution in [1.82, 2.24) is 5.32 Å². The zero-order valence-electron chi connectivity index (χ0n) is 10.6. The van der Waals surface area contributed by atoms with Crippen LogP contribution in [0.15, 0.2) is 18.2 Å². The van der Waals surface area contributed by atoms with E-state index in [1.54, 1.807) is 23.9 Å². The molecule has 1 rings (SSSR count). The highest BCUT2D eigenvalue weighted by Gasteiger charge is 2.10. The van der Waals surface area contributed by atoms with Crippen molar-refractivity contribution in [2.75, 3.05) is 17.7 Å². The van der Waals surface area contributed by atoms with Gasteiger partial charge in [0.2, 0.25) is 0 Å². The molecular weight excluding hydrogens is 232 g/mol. The molecule has 0 heterocycles. The lowest BCUT2D eigenvalue weighted by molar-refractivity contribution is 0.0939. The topological polar surface area (TPSA) is 55.1 Å². The quantitative estimate of drug-likeness (QED) is 0.791. The van der Waals surface area contributed by atoms with Crippen molar-refractivity contribution in [2.45, 2.75) is 26.3 Å². The van der Waals surface area contributed by atoms with Gasteiger partial charge in [0.25, 0.3) is 5.91 Å². The van der Waals surface area contributed by atoms with E-state index in [4.69, 9.17) is 5.73 Å². The van der Waals surface area contributed by atoms with Crippen molar-refractivity contribution in [3.05, 3.63) is 29.3 Å². The summed E-state index contributed by atoms with van der Waals surface area (Å²) in [6.07, 6.45) is 3.05. The Morgan fingerprint density at radius 2 is 2.24 bits per heavy atom. The molecule has 0 aromatic heterocycles. The van der Waals surface area contributed by atoms with Crippen LogP contribution in [-0.2, 0) is 0 Å². The summed E-state index contributed by atoms with van der Waals surface area (Å²) in [6, 6.07) is 5.56. The van der Waals surface area contributed by atoms with Crippen LogP contribution in [-0.4, -0.2) is 24.0 Å². The maximum atomic E-state index is 11.9. The molecule has 94 valence electrons. The normalized spacial score (nSPS) is 12.2. The Morgan fingerprint density at radius 1 is 1.53 bits per heavy atom. The maximum absolute atomic E-state index is 11.9. The van der Waals surface area contributed by atoms with Crippen LogP contribution in [0.4, 0.5) is 5.69 Å². The lowest BCUT2D eigenvalue weighted by atomic mass is 10.1. The van der Waals surface area contributed by atoms with Gasteiger partial charge in [-0.1, -0.05) is 0 Å². The number of amides is 1. The number of benzene rings is 1. The fourth-order valence-corrected chi connectivity index (χ4v) is 2.08. The summed E-state index contributed by atoms with van der Waals surface area (Å²) in [6.45, 7) is 3.93. The van der Waals surface area contributed by atoms with Crippen molar-refractivity contribution < 1.29 is 4.79 Å². The van der Waals surface area contributed by atoms with E-state index in [-0.39, 0.29) is 11.9 Å². The van der Waals surface area contributed by atoms with Crippen molar-refractivity contribution in [3.63, 3.8) is 0 Å². The molecule has 0 aliphatic rings. The van der Waals surface area contributed by atoms with Gasteiger partial charge in [-0.25, -0.2) is 0 Å². The van der Waals surface area contributed by atoms with E-state index in [1.165, 1.54) is 0 Å². The number of aryl methyl sites for hydroxylation is 1. The zero-order valence-corrected chi connectivity index (χ0v) is 11.4. The number of hydrogen-bond acceptors (Lipinski definition) is 3. The van der Waals surface area contributed by atoms with E-state index in [1.807, 2.05) is 19.9 Å². The molecule has 0 aliphatic heterocycles. The smallest absolute Gasteiger partial charge is 0.251 e. The van der Waals surface area contributed by atoms with Gasteiger partial charge in [0.15, 0.2) is 0 Å². The van der Waals surface area contributed by atoms with Crippen molar-refractivity contribution in [3.8, 4) is 0 Å². The van der Waals surface area contributed by atoms with Crippen LogP contribution in [0.25, 0.3) is 0 Å². The number of thioether (sulfide) groups is 1. The molecule has 1 atom stereocenters. The number of anilines is 1. The SMILES string of the molecule is CSCCC(C)NC(=O)c1ccc(N)c(C)c1. The van der Waals surface area contributed by atoms with Crippen LogP contribution in [0.5, 0.6) is 0 Å². The molecule has 3 nitrogen and oxygen atoms in total. The highest BCUT2D eigenvalue weighted by molar-refractivity contribution is 7.98. The minimum absolute atomic E-state index is 0.0262. The second-order valence-corrected chi connectivity index (χ2v) is 5.21. The fourth-order valence-electron chi connectivity index (χ4n) is 1.49. The summed E-state index contributed by atoms with van der Waals surface area (Å²) < 4.78 is 0. The van der Waals surface area contributed by atoms with Crippen molar-refractivity contribution in [1.29, 1.82) is 0 Å². The van der Waals surface area contributed by atoms with Gasteiger partial charge in [-0.15, -0.1) is 0 Å². The van der Waals surface area contributed by atoms with Crippen molar-refractivity contribution in [2.24, 2.45) is 0 Å². The first-order valence-electron chi connectivity index (χ1n) is 5.70. The molecule has 1 unspecified atom stereocenters. The van der Waals surface area contributed by atoms with Crippen molar-refractivity contribution >= 4 is 23.4 Å². The Balaban J connectivity index is 2.60. The highest BCUT2D eigenvalue weighted by Crippen LogP contribution is 2.12. The first-order chi connectivity index (χ1) is 8.04. The number of hydrogen-bond donors (Lipinski definition) is 2. The van der Waals surface area contributed by atoms with E-state index in [2.05, 4.69) is 11.6 Å². The largest absolute Gasteiger partial charge is 0.399 e. The number of carbonyl (C=O) groups excluding carboxylic acids is 1. The summed E-state index contributed by atoms with van der Waals surface area (Å²) in [5.74, 6) is 1.03. The first-order valence-corrected chi connectivity index (χ1v) is 7.10. The number of carbonyl (C=O) groups is 1. The van der Waals surface area contributed by atoms with Crippen LogP contribution in [0.2, 0.25) is 0 Å². The Bertz CT molecular complexity index is 393. The first kappa shape index (κ1) is 13.9. The van der Waals surface area contributed by atoms with Crippen LogP contribution in [0.3, 0.4) is 0 Å².